The van der Waals surface area contributed by atoms with Gasteiger partial charge in [0.1, 0.15) is 11.5 Å². The number of hydrogen-bond donors (Lipinski definition) is 1. The first-order valence-corrected chi connectivity index (χ1v) is 6.61. The molecule has 0 saturated carbocycles. The van der Waals surface area contributed by atoms with Crippen molar-refractivity contribution in [1.82, 2.24) is 15.0 Å². The zero-order valence-electron chi connectivity index (χ0n) is 9.40. The Morgan fingerprint density at radius 2 is 2.29 bits per heavy atom. The number of methoxy groups -OCH3 is 1. The fourth-order valence-electron chi connectivity index (χ4n) is 1.33. The van der Waals surface area contributed by atoms with Crippen molar-refractivity contribution in [1.29, 1.82) is 0 Å². The highest BCUT2D eigenvalue weighted by atomic mass is 79.9. The van der Waals surface area contributed by atoms with Gasteiger partial charge in [-0.15, -0.1) is 11.3 Å². The molecule has 0 aromatic carbocycles. The van der Waals surface area contributed by atoms with E-state index in [1.165, 1.54) is 11.3 Å². The Morgan fingerprint density at radius 3 is 2.88 bits per heavy atom. The molecule has 0 aliphatic carbocycles. The van der Waals surface area contributed by atoms with Gasteiger partial charge in [-0.05, 0) is 15.9 Å². The largest absolute Gasteiger partial charge is 0.378 e. The van der Waals surface area contributed by atoms with Gasteiger partial charge in [0.15, 0.2) is 5.82 Å². The molecular formula is C10H11BrN4OS. The summed E-state index contributed by atoms with van der Waals surface area (Å²) < 4.78 is 5.93. The number of halogens is 1. The molecule has 17 heavy (non-hydrogen) atoms. The summed E-state index contributed by atoms with van der Waals surface area (Å²) in [6.45, 7) is 0.426. The number of ether oxygens (including phenoxy) is 1. The van der Waals surface area contributed by atoms with E-state index in [1.54, 1.807) is 12.6 Å². The molecule has 0 aliphatic heterocycles. The molecule has 0 radical (unpaired) electrons. The van der Waals surface area contributed by atoms with Crippen LogP contribution in [-0.4, -0.2) is 29.1 Å². The van der Waals surface area contributed by atoms with E-state index in [2.05, 4.69) is 36.2 Å². The first-order chi connectivity index (χ1) is 8.26. The lowest BCUT2D eigenvalue weighted by Crippen LogP contribution is -2.04. The number of nitrogens with one attached hydrogen (secondary N) is 1. The minimum absolute atomic E-state index is 0.426. The van der Waals surface area contributed by atoms with Gasteiger partial charge in [-0.25, -0.2) is 15.0 Å². The van der Waals surface area contributed by atoms with Crippen LogP contribution in [0.5, 0.6) is 0 Å². The van der Waals surface area contributed by atoms with Crippen LogP contribution in [0.2, 0.25) is 0 Å². The first kappa shape index (κ1) is 12.4. The lowest BCUT2D eigenvalue weighted by Gasteiger charge is -2.09. The van der Waals surface area contributed by atoms with Gasteiger partial charge in [0.05, 0.1) is 22.3 Å². The monoisotopic (exact) mass is 314 g/mol. The van der Waals surface area contributed by atoms with Gasteiger partial charge in [-0.1, -0.05) is 0 Å². The molecule has 90 valence electrons. The first-order valence-electron chi connectivity index (χ1n) is 4.88. The third kappa shape index (κ3) is 2.62. The Balaban J connectivity index is 2.50. The summed E-state index contributed by atoms with van der Waals surface area (Å²) in [6.07, 6.45) is 0. The summed E-state index contributed by atoms with van der Waals surface area (Å²) in [5.74, 6) is 1.33. The smallest absolute Gasteiger partial charge is 0.181 e. The quantitative estimate of drug-likeness (QED) is 0.939. The molecule has 2 rings (SSSR count). The van der Waals surface area contributed by atoms with Crippen LogP contribution in [0.3, 0.4) is 0 Å². The number of anilines is 1. The van der Waals surface area contributed by atoms with Crippen molar-refractivity contribution in [3.8, 4) is 11.5 Å². The number of aromatic nitrogens is 3. The minimum atomic E-state index is 0.426. The average Bonchev–Trinajstić information content (AvgIpc) is 2.85. The van der Waals surface area contributed by atoms with Crippen LogP contribution in [0.1, 0.15) is 5.69 Å². The van der Waals surface area contributed by atoms with Crippen molar-refractivity contribution < 1.29 is 4.74 Å². The number of nitrogens with zero attached hydrogens (tertiary/aromatic N) is 3. The van der Waals surface area contributed by atoms with E-state index in [0.29, 0.717) is 12.4 Å². The Kier molecular flexibility index (Phi) is 4.03. The van der Waals surface area contributed by atoms with Crippen LogP contribution in [-0.2, 0) is 11.3 Å². The topological polar surface area (TPSA) is 59.9 Å². The van der Waals surface area contributed by atoms with E-state index in [-0.39, 0.29) is 0 Å². The third-order valence-electron chi connectivity index (χ3n) is 2.10. The van der Waals surface area contributed by atoms with Crippen LogP contribution < -0.4 is 5.32 Å². The molecule has 0 amide bonds. The number of thiazole rings is 1. The van der Waals surface area contributed by atoms with Crippen molar-refractivity contribution in [2.24, 2.45) is 0 Å². The lowest BCUT2D eigenvalue weighted by atomic mass is 10.3. The maximum atomic E-state index is 5.11. The van der Waals surface area contributed by atoms with E-state index in [4.69, 9.17) is 4.74 Å². The van der Waals surface area contributed by atoms with Crippen molar-refractivity contribution in [3.63, 3.8) is 0 Å². The summed E-state index contributed by atoms with van der Waals surface area (Å²) >= 11 is 4.97. The highest BCUT2D eigenvalue weighted by Gasteiger charge is 2.13. The van der Waals surface area contributed by atoms with Gasteiger partial charge in [0.2, 0.25) is 0 Å². The average molecular weight is 315 g/mol. The van der Waals surface area contributed by atoms with Crippen molar-refractivity contribution in [3.05, 3.63) is 21.1 Å². The predicted octanol–water partition coefficient (Wildman–Crippen LogP) is 2.55. The number of hydrogen-bond acceptors (Lipinski definition) is 6. The second-order valence-corrected chi connectivity index (χ2v) is 4.72. The SMILES string of the molecule is CNc1nc(-c2cscn2)nc(COC)c1Br. The summed E-state index contributed by atoms with van der Waals surface area (Å²) in [7, 11) is 3.45. The molecule has 0 atom stereocenters. The van der Waals surface area contributed by atoms with Crippen LogP contribution >= 0.6 is 27.3 Å². The van der Waals surface area contributed by atoms with Crippen LogP contribution in [0.15, 0.2) is 15.4 Å². The minimum Gasteiger partial charge on any atom is -0.378 e. The molecular weight excluding hydrogens is 304 g/mol. The Bertz CT molecular complexity index is 503. The predicted molar refractivity (Wildman–Crippen MR) is 71.1 cm³/mol. The van der Waals surface area contributed by atoms with Crippen LogP contribution in [0.25, 0.3) is 11.5 Å². The van der Waals surface area contributed by atoms with E-state index in [9.17, 15) is 0 Å². The standard InChI is InChI=1S/C10H11BrN4OS/c1-12-10-8(11)6(3-16-2)14-9(15-10)7-4-17-5-13-7/h4-5H,3H2,1-2H3,(H,12,14,15). The van der Waals surface area contributed by atoms with Gasteiger partial charge in [0.25, 0.3) is 0 Å². The van der Waals surface area contributed by atoms with E-state index < -0.39 is 0 Å². The van der Waals surface area contributed by atoms with Gasteiger partial charge in [-0.3, -0.25) is 0 Å². The van der Waals surface area contributed by atoms with E-state index in [1.807, 2.05) is 12.4 Å². The molecule has 2 aromatic heterocycles. The normalized spacial score (nSPS) is 10.5. The summed E-state index contributed by atoms with van der Waals surface area (Å²) in [4.78, 5) is 13.0. The van der Waals surface area contributed by atoms with Gasteiger partial charge in [0, 0.05) is 19.5 Å². The summed E-state index contributed by atoms with van der Waals surface area (Å²) in [6, 6.07) is 0. The zero-order chi connectivity index (χ0) is 12.3. The second-order valence-electron chi connectivity index (χ2n) is 3.21. The van der Waals surface area contributed by atoms with E-state index in [0.717, 1.165) is 21.7 Å². The molecule has 2 heterocycles. The molecule has 0 aliphatic rings. The molecule has 7 heteroatoms. The van der Waals surface area contributed by atoms with E-state index >= 15 is 0 Å². The van der Waals surface area contributed by atoms with Crippen molar-refractivity contribution in [2.45, 2.75) is 6.61 Å². The lowest BCUT2D eigenvalue weighted by molar-refractivity contribution is 0.181. The fourth-order valence-corrected chi connectivity index (χ4v) is 2.35. The summed E-state index contributed by atoms with van der Waals surface area (Å²) in [5.41, 5.74) is 3.33. The maximum absolute atomic E-state index is 5.11. The Labute approximate surface area is 111 Å². The second kappa shape index (κ2) is 5.52. The number of rotatable bonds is 4. The molecule has 5 nitrogen and oxygen atoms in total. The van der Waals surface area contributed by atoms with Gasteiger partial charge >= 0.3 is 0 Å². The summed E-state index contributed by atoms with van der Waals surface area (Å²) in [5, 5.41) is 4.93. The molecule has 0 saturated heterocycles. The molecule has 1 N–H and O–H groups in total. The Morgan fingerprint density at radius 1 is 1.47 bits per heavy atom. The van der Waals surface area contributed by atoms with Gasteiger partial charge in [-0.2, -0.15) is 0 Å². The van der Waals surface area contributed by atoms with Gasteiger partial charge < -0.3 is 10.1 Å². The molecule has 0 bridgehead atoms. The third-order valence-corrected chi connectivity index (χ3v) is 3.52. The maximum Gasteiger partial charge on any atom is 0.181 e. The highest BCUT2D eigenvalue weighted by molar-refractivity contribution is 9.10. The van der Waals surface area contributed by atoms with Crippen LogP contribution in [0, 0.1) is 0 Å². The van der Waals surface area contributed by atoms with Crippen molar-refractivity contribution in [2.75, 3.05) is 19.5 Å². The fraction of sp³-hybridized carbons (Fsp3) is 0.300. The Hall–Kier alpha value is -1.05. The highest BCUT2D eigenvalue weighted by Crippen LogP contribution is 2.27. The molecule has 0 spiro atoms. The molecule has 2 aromatic rings. The zero-order valence-corrected chi connectivity index (χ0v) is 11.8. The van der Waals surface area contributed by atoms with Crippen molar-refractivity contribution >= 4 is 33.1 Å². The van der Waals surface area contributed by atoms with Crippen LogP contribution in [0.4, 0.5) is 5.82 Å². The molecule has 0 fully saturated rings. The molecule has 0 unspecified atom stereocenters.